The Kier molecular flexibility index (Phi) is 19.4. The lowest BCUT2D eigenvalue weighted by atomic mass is 9.85. The van der Waals surface area contributed by atoms with E-state index < -0.39 is 94.6 Å². The van der Waals surface area contributed by atoms with E-state index in [4.69, 9.17) is 9.47 Å². The summed E-state index contributed by atoms with van der Waals surface area (Å²) in [5.41, 5.74) is 2.66. The minimum Gasteiger partial charge on any atom is -0.496 e. The van der Waals surface area contributed by atoms with Crippen molar-refractivity contribution in [2.45, 2.75) is 167 Å². The third-order valence-corrected chi connectivity index (χ3v) is 16.3. The molecule has 7 rings (SSSR count). The number of methoxy groups -OCH3 is 2. The van der Waals surface area contributed by atoms with Crippen LogP contribution in [0.15, 0.2) is 60.7 Å². The first-order chi connectivity index (χ1) is 37.9. The maximum atomic E-state index is 14.8. The highest BCUT2D eigenvalue weighted by Crippen LogP contribution is 2.38. The molecule has 3 aromatic rings. The lowest BCUT2D eigenvalue weighted by Crippen LogP contribution is -2.59. The fourth-order valence-corrected chi connectivity index (χ4v) is 11.5. The van der Waals surface area contributed by atoms with Crippen molar-refractivity contribution >= 4 is 47.3 Å². The van der Waals surface area contributed by atoms with Gasteiger partial charge in [-0.05, 0) is 143 Å². The van der Waals surface area contributed by atoms with Crippen LogP contribution in [0.5, 0.6) is 11.5 Å². The van der Waals surface area contributed by atoms with E-state index in [0.29, 0.717) is 12.8 Å². The fraction of sp³-hybridized carbons (Fsp3) is 0.567. The van der Waals surface area contributed by atoms with Gasteiger partial charge in [0.1, 0.15) is 35.7 Å². The summed E-state index contributed by atoms with van der Waals surface area (Å²) in [5, 5.41) is 24.1. The SMILES string of the molecule is CN[C@@H](C)C(=O)N[C@H](C(=O)N1C[C@@H](NC(=O)c2cccc(C(=O)N[C@H]3C[C@@H](C(=O)NC4CCCc5c(OC)cccc54)N(C(=O)[C@@H](NC(=O)[C@H](C)NC)C(C)(C)C)C3)c2)C[C@H]1C(=O)NC1CCCc2c(OC)cccc21)C(C)(C)C. The molecule has 8 amide bonds. The van der Waals surface area contributed by atoms with Crippen LogP contribution in [-0.4, -0.2) is 147 Å². The maximum Gasteiger partial charge on any atom is 0.251 e. The zero-order valence-electron chi connectivity index (χ0n) is 48.6. The summed E-state index contributed by atoms with van der Waals surface area (Å²) in [6, 6.07) is 10.3. The number of hydrogen-bond acceptors (Lipinski definition) is 12. The van der Waals surface area contributed by atoms with Gasteiger partial charge >= 0.3 is 0 Å². The quantitative estimate of drug-likeness (QED) is 0.0907. The molecule has 2 heterocycles. The normalized spacial score (nSPS) is 22.2. The van der Waals surface area contributed by atoms with Gasteiger partial charge in [0.05, 0.1) is 38.4 Å². The van der Waals surface area contributed by atoms with E-state index in [1.54, 1.807) is 60.4 Å². The summed E-state index contributed by atoms with van der Waals surface area (Å²) in [7, 11) is 6.52. The molecule has 20 nitrogen and oxygen atoms in total. The minimum absolute atomic E-state index is 0.0384. The largest absolute Gasteiger partial charge is 0.496 e. The Morgan fingerprint density at radius 1 is 0.550 bits per heavy atom. The molecule has 4 aliphatic rings. The highest BCUT2D eigenvalue weighted by molar-refractivity contribution is 6.01. The van der Waals surface area contributed by atoms with Crippen LogP contribution in [0.2, 0.25) is 0 Å². The predicted octanol–water partition coefficient (Wildman–Crippen LogP) is 3.77. The number of nitrogens with zero attached hydrogens (tertiary/aromatic N) is 2. The van der Waals surface area contributed by atoms with Crippen LogP contribution in [0.25, 0.3) is 0 Å². The molecule has 8 N–H and O–H groups in total. The van der Waals surface area contributed by atoms with E-state index in [0.717, 1.165) is 59.4 Å². The number of likely N-dealkylation sites (tertiary alicyclic amines) is 2. The molecule has 0 bridgehead atoms. The first-order valence-corrected chi connectivity index (χ1v) is 28.1. The second-order valence-electron chi connectivity index (χ2n) is 24.0. The summed E-state index contributed by atoms with van der Waals surface area (Å²) in [4.78, 5) is 117. The Hall–Kier alpha value is -7.06. The van der Waals surface area contributed by atoms with Crippen molar-refractivity contribution in [3.05, 3.63) is 94.0 Å². The number of likely N-dealkylation sites (N-methyl/N-ethyl adjacent to an activating group) is 2. The van der Waals surface area contributed by atoms with Gasteiger partial charge in [-0.2, -0.15) is 0 Å². The van der Waals surface area contributed by atoms with Gasteiger partial charge in [0.25, 0.3) is 11.8 Å². The van der Waals surface area contributed by atoms with Crippen molar-refractivity contribution < 1.29 is 47.8 Å². The Balaban J connectivity index is 1.10. The Bertz CT molecular complexity index is 2630. The van der Waals surface area contributed by atoms with Gasteiger partial charge in [-0.25, -0.2) is 0 Å². The first-order valence-electron chi connectivity index (χ1n) is 28.1. The van der Waals surface area contributed by atoms with Crippen LogP contribution in [0.4, 0.5) is 0 Å². The number of amides is 8. The molecule has 2 saturated heterocycles. The number of fused-ring (bicyclic) bond motifs is 2. The van der Waals surface area contributed by atoms with E-state index in [2.05, 4.69) is 42.5 Å². The molecule has 80 heavy (non-hydrogen) atoms. The smallest absolute Gasteiger partial charge is 0.251 e. The molecule has 10 atom stereocenters. The average Bonchev–Trinajstić information content (AvgIpc) is 4.09. The van der Waals surface area contributed by atoms with Crippen LogP contribution in [-0.2, 0) is 41.6 Å². The molecule has 2 aliphatic heterocycles. The van der Waals surface area contributed by atoms with Crippen molar-refractivity contribution in [1.82, 2.24) is 52.3 Å². The van der Waals surface area contributed by atoms with E-state index in [9.17, 15) is 38.4 Å². The third kappa shape index (κ3) is 13.7. The first kappa shape index (κ1) is 60.6. The van der Waals surface area contributed by atoms with Gasteiger partial charge in [0.15, 0.2) is 0 Å². The van der Waals surface area contributed by atoms with Crippen LogP contribution < -0.4 is 52.0 Å². The number of ether oxygens (including phenoxy) is 2. The topological polar surface area (TPSA) is 258 Å². The fourth-order valence-electron chi connectivity index (χ4n) is 11.5. The lowest BCUT2D eigenvalue weighted by Gasteiger charge is -2.36. The van der Waals surface area contributed by atoms with Crippen LogP contribution in [0, 0.1) is 10.8 Å². The molecule has 0 spiro atoms. The van der Waals surface area contributed by atoms with Crippen molar-refractivity contribution in [3.8, 4) is 11.5 Å². The van der Waals surface area contributed by atoms with Crippen LogP contribution in [0.3, 0.4) is 0 Å². The lowest BCUT2D eigenvalue weighted by molar-refractivity contribution is -0.144. The molecular weight excluding hydrogens is 1020 g/mol. The molecule has 434 valence electrons. The van der Waals surface area contributed by atoms with Crippen molar-refractivity contribution in [2.75, 3.05) is 41.4 Å². The highest BCUT2D eigenvalue weighted by atomic mass is 16.5. The number of carbonyl (C=O) groups is 8. The predicted molar refractivity (Wildman–Crippen MR) is 303 cm³/mol. The second-order valence-corrected chi connectivity index (χ2v) is 24.0. The molecule has 2 aliphatic carbocycles. The van der Waals surface area contributed by atoms with E-state index in [-0.39, 0.29) is 61.0 Å². The zero-order chi connectivity index (χ0) is 58.4. The summed E-state index contributed by atoms with van der Waals surface area (Å²) < 4.78 is 11.3. The van der Waals surface area contributed by atoms with Gasteiger partial charge in [-0.1, -0.05) is 71.9 Å². The number of nitrogens with one attached hydrogen (secondary N) is 8. The third-order valence-electron chi connectivity index (χ3n) is 16.3. The zero-order valence-corrected chi connectivity index (χ0v) is 48.6. The molecule has 0 radical (unpaired) electrons. The summed E-state index contributed by atoms with van der Waals surface area (Å²) in [6.45, 7) is 14.3. The Morgan fingerprint density at radius 3 is 1.27 bits per heavy atom. The highest BCUT2D eigenvalue weighted by Gasteiger charge is 2.48. The molecule has 3 aromatic carbocycles. The Labute approximate surface area is 470 Å². The molecule has 2 unspecified atom stereocenters. The number of carbonyl (C=O) groups excluding carboxylic acids is 8. The van der Waals surface area contributed by atoms with Crippen molar-refractivity contribution in [3.63, 3.8) is 0 Å². The summed E-state index contributed by atoms with van der Waals surface area (Å²) in [5.74, 6) is -2.11. The van der Waals surface area contributed by atoms with Crippen LogP contribution >= 0.6 is 0 Å². The van der Waals surface area contributed by atoms with Crippen LogP contribution in [0.1, 0.15) is 149 Å². The maximum absolute atomic E-state index is 14.8. The molecule has 0 saturated carbocycles. The monoisotopic (exact) mass is 1100 g/mol. The minimum atomic E-state index is -1.02. The van der Waals surface area contributed by atoms with E-state index in [1.807, 2.05) is 77.9 Å². The van der Waals surface area contributed by atoms with Gasteiger partial charge in [-0.3, -0.25) is 38.4 Å². The number of benzene rings is 3. The van der Waals surface area contributed by atoms with Gasteiger partial charge in [0, 0.05) is 36.3 Å². The average molecular weight is 1110 g/mol. The Morgan fingerprint density at radius 2 is 0.925 bits per heavy atom. The summed E-state index contributed by atoms with van der Waals surface area (Å²) >= 11 is 0. The molecule has 2 fully saturated rings. The van der Waals surface area contributed by atoms with E-state index in [1.165, 1.54) is 15.9 Å². The summed E-state index contributed by atoms with van der Waals surface area (Å²) in [6.07, 6.45) is 4.68. The second kappa shape index (κ2) is 25.6. The molecule has 0 aromatic heterocycles. The number of rotatable bonds is 18. The molecule has 20 heteroatoms. The van der Waals surface area contributed by atoms with E-state index >= 15 is 0 Å². The number of hydrogen-bond donors (Lipinski definition) is 8. The van der Waals surface area contributed by atoms with Gasteiger partial charge < -0.3 is 61.8 Å². The van der Waals surface area contributed by atoms with Gasteiger partial charge in [-0.15, -0.1) is 0 Å². The molecular formula is C60H84N10O10. The van der Waals surface area contributed by atoms with Gasteiger partial charge in [0.2, 0.25) is 35.4 Å². The standard InChI is InChI=1S/C60H84N10O10/c1-33(61-9)51(71)67-49(59(3,4)5)57(77)69-31-37(29-45(69)55(75)65-43-24-14-22-41-39(43)20-16-26-47(41)79-11)63-53(73)35-18-13-19-36(28-35)54(74)64-38-30-46(56(76)66-44-25-15-23-42-40(44)21-17-27-48(42)80-12)70(32-38)58(78)50(60(6,7)8)68-52(72)34(2)62-10/h13,16-21,26-28,33-34,37-38,43-46,49-50,61-62H,14-15,22-25,29-32H2,1-12H3,(H,63,73)(H,64,74)(H,65,75)(H,66,76)(H,67,71)(H,68,72)/t33-,34-,37-,38-,43?,44?,45-,46-,49+,50+/m0/s1. The van der Waals surface area contributed by atoms with Crippen molar-refractivity contribution in [2.24, 2.45) is 10.8 Å². The van der Waals surface area contributed by atoms with Crippen molar-refractivity contribution in [1.29, 1.82) is 0 Å².